The number of hydrogen-bond donors (Lipinski definition) is 4. The van der Waals surface area contributed by atoms with Gasteiger partial charge in [0.1, 0.15) is 11.3 Å². The lowest BCUT2D eigenvalue weighted by Gasteiger charge is -2.19. The zero-order valence-electron chi connectivity index (χ0n) is 14.9. The number of anilines is 2. The van der Waals surface area contributed by atoms with Gasteiger partial charge >= 0.3 is 6.09 Å². The van der Waals surface area contributed by atoms with Crippen LogP contribution in [-0.4, -0.2) is 42.8 Å². The number of alkyl carbamates (subject to hydrolysis) is 1. The number of rotatable bonds is 8. The van der Waals surface area contributed by atoms with Gasteiger partial charge in [-0.1, -0.05) is 12.2 Å². The summed E-state index contributed by atoms with van der Waals surface area (Å²) >= 11 is 0. The fourth-order valence-corrected chi connectivity index (χ4v) is 1.71. The number of amides is 2. The number of nitrogens with one attached hydrogen (secondary N) is 3. The van der Waals surface area contributed by atoms with Crippen LogP contribution in [0.5, 0.6) is 0 Å². The molecule has 1 aromatic rings. The lowest BCUT2D eigenvalue weighted by Crippen LogP contribution is -2.32. The van der Waals surface area contributed by atoms with Gasteiger partial charge in [-0.05, 0) is 26.8 Å². The fourth-order valence-electron chi connectivity index (χ4n) is 1.71. The number of nitrogens with two attached hydrogens (primary N) is 1. The summed E-state index contributed by atoms with van der Waals surface area (Å²) in [6, 6.07) is 1.54. The molecule has 25 heavy (non-hydrogen) atoms. The molecule has 0 spiro atoms. The van der Waals surface area contributed by atoms with Crippen LogP contribution in [-0.2, 0) is 9.57 Å². The summed E-state index contributed by atoms with van der Waals surface area (Å²) in [5.41, 5.74) is 8.08. The SMILES string of the molecule is CONc1cc(C(N)=O)cnc1NC/C=C/CNC(=O)OC(C)(C)C. The molecule has 1 heterocycles. The van der Waals surface area contributed by atoms with Gasteiger partial charge in [0.15, 0.2) is 5.82 Å². The smallest absolute Gasteiger partial charge is 0.407 e. The standard InChI is InChI=1S/C16H25N5O4/c1-16(2,3)25-15(23)19-8-6-5-7-18-14-12(21-24-4)9-11(10-20-14)13(17)22/h5-6,9-10,21H,7-8H2,1-4H3,(H2,17,22)(H,18,20)(H,19,23)/b6-5+. The quantitative estimate of drug-likeness (QED) is 0.414. The number of ether oxygens (including phenoxy) is 1. The van der Waals surface area contributed by atoms with E-state index in [2.05, 4.69) is 21.1 Å². The topological polar surface area (TPSA) is 128 Å². The van der Waals surface area contributed by atoms with E-state index in [1.165, 1.54) is 19.4 Å². The van der Waals surface area contributed by atoms with Gasteiger partial charge in [-0.25, -0.2) is 9.78 Å². The van der Waals surface area contributed by atoms with Crippen LogP contribution in [0.2, 0.25) is 0 Å². The molecule has 0 atom stereocenters. The highest BCUT2D eigenvalue weighted by Gasteiger charge is 2.15. The average Bonchev–Trinajstić information content (AvgIpc) is 2.50. The Bertz CT molecular complexity index is 625. The molecule has 0 aromatic carbocycles. The summed E-state index contributed by atoms with van der Waals surface area (Å²) < 4.78 is 5.12. The number of nitrogens with zero attached hydrogens (tertiary/aromatic N) is 1. The van der Waals surface area contributed by atoms with Gasteiger partial charge in [0.25, 0.3) is 0 Å². The molecule has 0 saturated heterocycles. The van der Waals surface area contributed by atoms with E-state index in [-0.39, 0.29) is 5.56 Å². The Kier molecular flexibility index (Phi) is 7.67. The first-order valence-electron chi connectivity index (χ1n) is 7.67. The van der Waals surface area contributed by atoms with Gasteiger partial charge in [0, 0.05) is 19.3 Å². The van der Waals surface area contributed by atoms with Crippen molar-refractivity contribution in [3.05, 3.63) is 30.0 Å². The molecule has 0 unspecified atom stereocenters. The van der Waals surface area contributed by atoms with E-state index in [0.717, 1.165) is 0 Å². The van der Waals surface area contributed by atoms with E-state index in [0.29, 0.717) is 24.6 Å². The molecule has 0 fully saturated rings. The van der Waals surface area contributed by atoms with Gasteiger partial charge in [0.2, 0.25) is 5.91 Å². The molecule has 0 radical (unpaired) electrons. The summed E-state index contributed by atoms with van der Waals surface area (Å²) in [5.74, 6) is -0.0806. The highest BCUT2D eigenvalue weighted by atomic mass is 16.6. The molecule has 0 bridgehead atoms. The van der Waals surface area contributed by atoms with Gasteiger partial charge in [-0.3, -0.25) is 15.1 Å². The highest BCUT2D eigenvalue weighted by Crippen LogP contribution is 2.19. The minimum atomic E-state index is -0.577. The summed E-state index contributed by atoms with van der Waals surface area (Å²) in [6.45, 7) is 6.20. The van der Waals surface area contributed by atoms with E-state index in [1.807, 2.05) is 6.08 Å². The number of carbonyl (C=O) groups is 2. The molecule has 1 rings (SSSR count). The van der Waals surface area contributed by atoms with Crippen molar-refractivity contribution in [3.8, 4) is 0 Å². The summed E-state index contributed by atoms with van der Waals surface area (Å²) in [6.07, 6.45) is 4.50. The summed E-state index contributed by atoms with van der Waals surface area (Å²) in [4.78, 5) is 31.6. The second kappa shape index (κ2) is 9.48. The number of aromatic nitrogens is 1. The average molecular weight is 351 g/mol. The molecule has 9 nitrogen and oxygen atoms in total. The Balaban J connectivity index is 2.47. The Morgan fingerprint density at radius 2 is 1.96 bits per heavy atom. The molecule has 0 aliphatic heterocycles. The summed E-state index contributed by atoms with van der Waals surface area (Å²) in [5, 5.41) is 5.67. The van der Waals surface area contributed by atoms with Crippen LogP contribution in [0.4, 0.5) is 16.3 Å². The number of pyridine rings is 1. The van der Waals surface area contributed by atoms with Crippen LogP contribution in [0.15, 0.2) is 24.4 Å². The van der Waals surface area contributed by atoms with Gasteiger partial charge < -0.3 is 21.1 Å². The van der Waals surface area contributed by atoms with Crippen LogP contribution < -0.4 is 21.8 Å². The first-order valence-corrected chi connectivity index (χ1v) is 7.67. The fraction of sp³-hybridized carbons (Fsp3) is 0.438. The van der Waals surface area contributed by atoms with Gasteiger partial charge in [-0.2, -0.15) is 0 Å². The van der Waals surface area contributed by atoms with Crippen molar-refractivity contribution in [1.29, 1.82) is 0 Å². The minimum Gasteiger partial charge on any atom is -0.444 e. The molecule has 0 saturated carbocycles. The Labute approximate surface area is 146 Å². The minimum absolute atomic E-state index is 0.266. The van der Waals surface area contributed by atoms with Crippen LogP contribution in [0.1, 0.15) is 31.1 Å². The maximum Gasteiger partial charge on any atom is 0.407 e. The molecule has 1 aromatic heterocycles. The molecular formula is C16H25N5O4. The van der Waals surface area contributed by atoms with Crippen molar-refractivity contribution in [3.63, 3.8) is 0 Å². The third-order valence-electron chi connectivity index (χ3n) is 2.70. The van der Waals surface area contributed by atoms with Crippen LogP contribution in [0.3, 0.4) is 0 Å². The molecule has 2 amide bonds. The zero-order valence-corrected chi connectivity index (χ0v) is 14.9. The Morgan fingerprint density at radius 3 is 2.56 bits per heavy atom. The predicted octanol–water partition coefficient (Wildman–Crippen LogP) is 1.65. The van der Waals surface area contributed by atoms with Crippen molar-refractivity contribution in [1.82, 2.24) is 10.3 Å². The maximum atomic E-state index is 11.5. The monoisotopic (exact) mass is 351 g/mol. The lowest BCUT2D eigenvalue weighted by molar-refractivity contribution is 0.0534. The van der Waals surface area contributed by atoms with E-state index in [4.69, 9.17) is 15.3 Å². The Morgan fingerprint density at radius 1 is 1.28 bits per heavy atom. The Hall–Kier alpha value is -2.81. The second-order valence-corrected chi connectivity index (χ2v) is 6.03. The first kappa shape index (κ1) is 20.2. The van der Waals surface area contributed by atoms with E-state index in [1.54, 1.807) is 26.8 Å². The summed E-state index contributed by atoms with van der Waals surface area (Å²) in [7, 11) is 1.45. The van der Waals surface area contributed by atoms with E-state index >= 15 is 0 Å². The molecule has 9 heteroatoms. The highest BCUT2D eigenvalue weighted by molar-refractivity contribution is 5.94. The number of hydrogen-bond acceptors (Lipinski definition) is 7. The van der Waals surface area contributed by atoms with Crippen molar-refractivity contribution in [2.24, 2.45) is 5.73 Å². The van der Waals surface area contributed by atoms with Crippen LogP contribution in [0.25, 0.3) is 0 Å². The third kappa shape index (κ3) is 8.02. The van der Waals surface area contributed by atoms with E-state index < -0.39 is 17.6 Å². The number of primary amides is 1. The predicted molar refractivity (Wildman–Crippen MR) is 95.3 cm³/mol. The van der Waals surface area contributed by atoms with Crippen molar-refractivity contribution < 1.29 is 19.2 Å². The molecule has 138 valence electrons. The van der Waals surface area contributed by atoms with Crippen LogP contribution >= 0.6 is 0 Å². The normalized spacial score (nSPS) is 11.2. The van der Waals surface area contributed by atoms with Crippen molar-refractivity contribution in [2.75, 3.05) is 31.0 Å². The van der Waals surface area contributed by atoms with Crippen molar-refractivity contribution >= 4 is 23.5 Å². The maximum absolute atomic E-state index is 11.5. The third-order valence-corrected chi connectivity index (χ3v) is 2.70. The molecular weight excluding hydrogens is 326 g/mol. The number of carbonyl (C=O) groups excluding carboxylic acids is 2. The second-order valence-electron chi connectivity index (χ2n) is 6.03. The van der Waals surface area contributed by atoms with Gasteiger partial charge in [-0.15, -0.1) is 0 Å². The van der Waals surface area contributed by atoms with Crippen LogP contribution in [0, 0.1) is 0 Å². The molecule has 0 aliphatic rings. The van der Waals surface area contributed by atoms with Gasteiger partial charge in [0.05, 0.1) is 12.7 Å². The van der Waals surface area contributed by atoms with Crippen molar-refractivity contribution in [2.45, 2.75) is 26.4 Å². The zero-order chi connectivity index (χ0) is 18.9. The first-order chi connectivity index (χ1) is 11.7. The molecule has 0 aliphatic carbocycles. The largest absolute Gasteiger partial charge is 0.444 e. The molecule has 5 N–H and O–H groups in total. The van der Waals surface area contributed by atoms with E-state index in [9.17, 15) is 9.59 Å². The lowest BCUT2D eigenvalue weighted by atomic mass is 10.2.